The Morgan fingerprint density at radius 1 is 0.944 bits per heavy atom. The average molecular weight is 241 g/mol. The molecule has 1 aromatic heterocycles. The number of nitrogens with one attached hydrogen (secondary N) is 1. The SMILES string of the molecule is Cc1ccc2c([nH]c3c(O)cc(C)c(C)c32)c1O. The number of benzene rings is 2. The molecule has 3 nitrogen and oxygen atoms in total. The van der Waals surface area contributed by atoms with E-state index < -0.39 is 0 Å². The Morgan fingerprint density at radius 2 is 1.67 bits per heavy atom. The third-order valence-corrected chi connectivity index (χ3v) is 3.72. The van der Waals surface area contributed by atoms with E-state index in [4.69, 9.17) is 0 Å². The minimum atomic E-state index is 0.223. The van der Waals surface area contributed by atoms with Crippen LogP contribution in [0.1, 0.15) is 16.7 Å². The molecule has 0 atom stereocenters. The first-order valence-electron chi connectivity index (χ1n) is 5.94. The van der Waals surface area contributed by atoms with E-state index in [2.05, 4.69) is 4.98 Å². The second kappa shape index (κ2) is 3.42. The molecule has 0 saturated heterocycles. The highest BCUT2D eigenvalue weighted by Crippen LogP contribution is 2.39. The van der Waals surface area contributed by atoms with Crippen LogP contribution in [0.2, 0.25) is 0 Å². The van der Waals surface area contributed by atoms with Crippen molar-refractivity contribution < 1.29 is 10.2 Å². The van der Waals surface area contributed by atoms with Crippen molar-refractivity contribution in [3.63, 3.8) is 0 Å². The van der Waals surface area contributed by atoms with E-state index in [1.54, 1.807) is 6.07 Å². The topological polar surface area (TPSA) is 56.2 Å². The lowest BCUT2D eigenvalue weighted by Gasteiger charge is -2.04. The van der Waals surface area contributed by atoms with Crippen molar-refractivity contribution in [2.24, 2.45) is 0 Å². The van der Waals surface area contributed by atoms with Crippen molar-refractivity contribution in [2.75, 3.05) is 0 Å². The number of hydrogen-bond acceptors (Lipinski definition) is 2. The second-order valence-corrected chi connectivity index (χ2v) is 4.87. The van der Waals surface area contributed by atoms with Gasteiger partial charge in [0.2, 0.25) is 0 Å². The third kappa shape index (κ3) is 1.24. The van der Waals surface area contributed by atoms with Crippen molar-refractivity contribution in [3.8, 4) is 11.5 Å². The Balaban J connectivity index is 2.64. The summed E-state index contributed by atoms with van der Waals surface area (Å²) in [5.41, 5.74) is 4.36. The summed E-state index contributed by atoms with van der Waals surface area (Å²) in [7, 11) is 0. The number of rotatable bonds is 0. The molecule has 3 aromatic rings. The van der Waals surface area contributed by atoms with Crippen LogP contribution in [0.3, 0.4) is 0 Å². The molecule has 0 fully saturated rings. The van der Waals surface area contributed by atoms with Crippen LogP contribution >= 0.6 is 0 Å². The fraction of sp³-hybridized carbons (Fsp3) is 0.200. The fourth-order valence-electron chi connectivity index (χ4n) is 2.52. The molecule has 1 heterocycles. The molecule has 0 aliphatic carbocycles. The number of aryl methyl sites for hydroxylation is 3. The van der Waals surface area contributed by atoms with E-state index >= 15 is 0 Å². The molecule has 0 aliphatic rings. The summed E-state index contributed by atoms with van der Waals surface area (Å²) >= 11 is 0. The fourth-order valence-corrected chi connectivity index (χ4v) is 2.52. The van der Waals surface area contributed by atoms with E-state index in [0.29, 0.717) is 11.0 Å². The molecule has 0 radical (unpaired) electrons. The molecule has 0 unspecified atom stereocenters. The number of aromatic amines is 1. The van der Waals surface area contributed by atoms with E-state index in [1.807, 2.05) is 32.9 Å². The first-order chi connectivity index (χ1) is 8.50. The minimum absolute atomic E-state index is 0.223. The zero-order chi connectivity index (χ0) is 13.0. The molecule has 0 bridgehead atoms. The first kappa shape index (κ1) is 11.0. The van der Waals surface area contributed by atoms with Crippen molar-refractivity contribution in [1.82, 2.24) is 4.98 Å². The molecule has 3 rings (SSSR count). The number of hydrogen-bond donors (Lipinski definition) is 3. The molecule has 0 saturated carbocycles. The van der Waals surface area contributed by atoms with Gasteiger partial charge < -0.3 is 15.2 Å². The van der Waals surface area contributed by atoms with Gasteiger partial charge in [-0.1, -0.05) is 12.1 Å². The van der Waals surface area contributed by atoms with Crippen molar-refractivity contribution in [2.45, 2.75) is 20.8 Å². The Hall–Kier alpha value is -2.16. The molecule has 92 valence electrons. The molecular formula is C15H15NO2. The molecule has 18 heavy (non-hydrogen) atoms. The van der Waals surface area contributed by atoms with Crippen LogP contribution in [-0.2, 0) is 0 Å². The summed E-state index contributed by atoms with van der Waals surface area (Å²) in [6, 6.07) is 5.62. The minimum Gasteiger partial charge on any atom is -0.506 e. The lowest BCUT2D eigenvalue weighted by atomic mass is 10.0. The van der Waals surface area contributed by atoms with E-state index in [-0.39, 0.29) is 11.5 Å². The van der Waals surface area contributed by atoms with E-state index in [1.165, 1.54) is 0 Å². The maximum absolute atomic E-state index is 10.1. The number of aromatic hydroxyl groups is 2. The number of fused-ring (bicyclic) bond motifs is 3. The summed E-state index contributed by atoms with van der Waals surface area (Å²) in [5.74, 6) is 0.474. The van der Waals surface area contributed by atoms with Gasteiger partial charge in [0.1, 0.15) is 11.5 Å². The van der Waals surface area contributed by atoms with Crippen LogP contribution in [0.4, 0.5) is 0 Å². The highest BCUT2D eigenvalue weighted by Gasteiger charge is 2.15. The summed E-state index contributed by atoms with van der Waals surface area (Å²) in [5, 5.41) is 22.1. The number of phenols is 2. The predicted molar refractivity (Wildman–Crippen MR) is 73.3 cm³/mol. The molecule has 0 aliphatic heterocycles. The Bertz CT molecular complexity index is 784. The normalized spacial score (nSPS) is 11.5. The quantitative estimate of drug-likeness (QED) is 0.562. The Kier molecular flexibility index (Phi) is 2.08. The average Bonchev–Trinajstić information content (AvgIpc) is 2.72. The molecule has 0 amide bonds. The number of phenolic OH excluding ortho intramolecular Hbond substituents is 2. The smallest absolute Gasteiger partial charge is 0.142 e. The molecule has 0 spiro atoms. The van der Waals surface area contributed by atoms with E-state index in [0.717, 1.165) is 27.5 Å². The van der Waals surface area contributed by atoms with Gasteiger partial charge in [0.05, 0.1) is 11.0 Å². The lowest BCUT2D eigenvalue weighted by molar-refractivity contribution is 0.476. The monoisotopic (exact) mass is 241 g/mol. The summed E-state index contributed by atoms with van der Waals surface area (Å²) in [6.07, 6.45) is 0. The maximum atomic E-state index is 10.1. The summed E-state index contributed by atoms with van der Waals surface area (Å²) < 4.78 is 0. The van der Waals surface area contributed by atoms with Crippen LogP contribution in [0.25, 0.3) is 21.8 Å². The number of H-pyrrole nitrogens is 1. The predicted octanol–water partition coefficient (Wildman–Crippen LogP) is 3.66. The van der Waals surface area contributed by atoms with Gasteiger partial charge in [0.25, 0.3) is 0 Å². The van der Waals surface area contributed by atoms with Gasteiger partial charge in [-0.05, 0) is 43.5 Å². The maximum Gasteiger partial charge on any atom is 0.142 e. The third-order valence-electron chi connectivity index (χ3n) is 3.72. The van der Waals surface area contributed by atoms with Gasteiger partial charge in [-0.2, -0.15) is 0 Å². The number of aromatic nitrogens is 1. The Morgan fingerprint density at radius 3 is 2.39 bits per heavy atom. The second-order valence-electron chi connectivity index (χ2n) is 4.87. The molecule has 3 heteroatoms. The standard InChI is InChI=1S/C15H15NO2/c1-7-4-5-10-12-9(3)8(2)6-11(17)14(12)16-13(10)15(7)18/h4-6,16-18H,1-3H3. The van der Waals surface area contributed by atoms with Gasteiger partial charge in [-0.15, -0.1) is 0 Å². The lowest BCUT2D eigenvalue weighted by Crippen LogP contribution is -1.82. The van der Waals surface area contributed by atoms with Crippen molar-refractivity contribution >= 4 is 21.8 Å². The Labute approximate surface area is 105 Å². The summed E-state index contributed by atoms with van der Waals surface area (Å²) in [4.78, 5) is 3.12. The van der Waals surface area contributed by atoms with Gasteiger partial charge in [0.15, 0.2) is 0 Å². The van der Waals surface area contributed by atoms with Crippen LogP contribution < -0.4 is 0 Å². The van der Waals surface area contributed by atoms with Gasteiger partial charge in [0, 0.05) is 10.8 Å². The van der Waals surface area contributed by atoms with Crippen LogP contribution in [-0.4, -0.2) is 15.2 Å². The molecular weight excluding hydrogens is 226 g/mol. The van der Waals surface area contributed by atoms with Gasteiger partial charge in [-0.25, -0.2) is 0 Å². The van der Waals surface area contributed by atoms with Gasteiger partial charge >= 0.3 is 0 Å². The van der Waals surface area contributed by atoms with E-state index in [9.17, 15) is 10.2 Å². The van der Waals surface area contributed by atoms with Crippen LogP contribution in [0, 0.1) is 20.8 Å². The van der Waals surface area contributed by atoms with Crippen molar-refractivity contribution in [1.29, 1.82) is 0 Å². The first-order valence-corrected chi connectivity index (χ1v) is 5.94. The largest absolute Gasteiger partial charge is 0.506 e. The van der Waals surface area contributed by atoms with Crippen molar-refractivity contribution in [3.05, 3.63) is 34.9 Å². The van der Waals surface area contributed by atoms with Gasteiger partial charge in [-0.3, -0.25) is 0 Å². The zero-order valence-electron chi connectivity index (χ0n) is 10.6. The van der Waals surface area contributed by atoms with Crippen LogP contribution in [0.5, 0.6) is 11.5 Å². The molecule has 3 N–H and O–H groups in total. The van der Waals surface area contributed by atoms with Crippen LogP contribution in [0.15, 0.2) is 18.2 Å². The highest BCUT2D eigenvalue weighted by molar-refractivity contribution is 6.12. The molecule has 2 aromatic carbocycles. The highest BCUT2D eigenvalue weighted by atomic mass is 16.3. The summed E-state index contributed by atoms with van der Waals surface area (Å²) in [6.45, 7) is 5.86. The zero-order valence-corrected chi connectivity index (χ0v) is 10.6.